The first-order chi connectivity index (χ1) is 13.4. The molecule has 3 aromatic rings. The molecule has 2 N–H and O–H groups in total. The van der Waals surface area contributed by atoms with Gasteiger partial charge in [0.05, 0.1) is 5.02 Å². The minimum absolute atomic E-state index is 0.0102. The van der Waals surface area contributed by atoms with Crippen molar-refractivity contribution in [2.75, 3.05) is 6.54 Å². The lowest BCUT2D eigenvalue weighted by Gasteiger charge is -2.13. The minimum atomic E-state index is -3.70. The lowest BCUT2D eigenvalue weighted by molar-refractivity contribution is 0.461. The highest BCUT2D eigenvalue weighted by Crippen LogP contribution is 2.33. The van der Waals surface area contributed by atoms with Crippen LogP contribution in [0.25, 0.3) is 6.08 Å². The average Bonchev–Trinajstić information content (AvgIpc) is 3.21. The number of sulfonamides is 1. The highest BCUT2D eigenvalue weighted by Gasteiger charge is 2.21. The van der Waals surface area contributed by atoms with E-state index in [1.54, 1.807) is 47.9 Å². The van der Waals surface area contributed by atoms with E-state index in [0.717, 1.165) is 21.3 Å². The second-order valence-corrected chi connectivity index (χ2v) is 9.53. The molecule has 0 aliphatic rings. The highest BCUT2D eigenvalue weighted by molar-refractivity contribution is 7.91. The number of nitrogens with two attached hydrogens (primary N) is 1. The molecule has 3 rings (SSSR count). The predicted octanol–water partition coefficient (Wildman–Crippen LogP) is 5.43. The third-order valence-electron chi connectivity index (χ3n) is 3.67. The zero-order valence-electron chi connectivity index (χ0n) is 14.5. The molecular formula is C19H16Cl2N2O3S2. The second-order valence-electron chi connectivity index (χ2n) is 5.62. The summed E-state index contributed by atoms with van der Waals surface area (Å²) in [5.74, 6) is 6.77. The maximum Gasteiger partial charge on any atom is 0.265 e. The van der Waals surface area contributed by atoms with Crippen LogP contribution in [0.5, 0.6) is 11.5 Å². The topological polar surface area (TPSA) is 72.6 Å². The van der Waals surface area contributed by atoms with Gasteiger partial charge in [0.1, 0.15) is 15.7 Å². The fourth-order valence-electron chi connectivity index (χ4n) is 2.30. The molecule has 0 amide bonds. The van der Waals surface area contributed by atoms with Crippen LogP contribution >= 0.6 is 34.5 Å². The summed E-state index contributed by atoms with van der Waals surface area (Å²) < 4.78 is 31.5. The van der Waals surface area contributed by atoms with Gasteiger partial charge >= 0.3 is 0 Å². The summed E-state index contributed by atoms with van der Waals surface area (Å²) in [7, 11) is -3.70. The molecule has 0 saturated carbocycles. The van der Waals surface area contributed by atoms with Gasteiger partial charge in [0, 0.05) is 17.1 Å². The Kier molecular flexibility index (Phi) is 6.77. The Morgan fingerprint density at radius 1 is 1.07 bits per heavy atom. The van der Waals surface area contributed by atoms with Crippen molar-refractivity contribution in [2.24, 2.45) is 5.84 Å². The summed E-state index contributed by atoms with van der Waals surface area (Å²) >= 11 is 13.2. The number of ether oxygens (including phenoxy) is 1. The second kappa shape index (κ2) is 9.09. The predicted molar refractivity (Wildman–Crippen MR) is 114 cm³/mol. The van der Waals surface area contributed by atoms with Crippen LogP contribution in [0.15, 0.2) is 70.3 Å². The van der Waals surface area contributed by atoms with Crippen molar-refractivity contribution in [1.29, 1.82) is 0 Å². The fraction of sp³-hybridized carbons (Fsp3) is 0.0526. The molecule has 146 valence electrons. The van der Waals surface area contributed by atoms with E-state index < -0.39 is 10.0 Å². The molecule has 1 heterocycles. The van der Waals surface area contributed by atoms with Gasteiger partial charge in [-0.05, 0) is 35.7 Å². The molecule has 0 saturated heterocycles. The molecule has 0 atom stereocenters. The molecule has 0 radical (unpaired) electrons. The zero-order chi connectivity index (χ0) is 20.1. The van der Waals surface area contributed by atoms with Gasteiger partial charge in [0.2, 0.25) is 0 Å². The van der Waals surface area contributed by atoms with Crippen LogP contribution in [-0.2, 0) is 10.0 Å². The molecule has 9 heteroatoms. The maximum atomic E-state index is 12.3. The third-order valence-corrected chi connectivity index (χ3v) is 7.20. The SMILES string of the molecule is NN(CC=Cc1ccccc1Oc1ccc(Cl)cc1Cl)S(=O)(=O)c1cccs1. The van der Waals surface area contributed by atoms with Crippen molar-refractivity contribution < 1.29 is 13.2 Å². The van der Waals surface area contributed by atoms with Crippen molar-refractivity contribution in [3.63, 3.8) is 0 Å². The molecular weight excluding hydrogens is 439 g/mol. The third kappa shape index (κ3) is 4.94. The molecule has 0 spiro atoms. The van der Waals surface area contributed by atoms with E-state index in [1.807, 2.05) is 18.2 Å². The first-order valence-electron chi connectivity index (χ1n) is 8.07. The first-order valence-corrected chi connectivity index (χ1v) is 11.1. The van der Waals surface area contributed by atoms with E-state index in [9.17, 15) is 8.42 Å². The summed E-state index contributed by atoms with van der Waals surface area (Å²) in [6.07, 6.45) is 3.39. The number of hydrogen-bond donors (Lipinski definition) is 1. The van der Waals surface area contributed by atoms with Gasteiger partial charge < -0.3 is 4.74 Å². The number of rotatable bonds is 7. The Hall–Kier alpha value is -1.87. The lowest BCUT2D eigenvalue weighted by Crippen LogP contribution is -2.37. The number of thiophene rings is 1. The van der Waals surface area contributed by atoms with Crippen LogP contribution in [0, 0.1) is 0 Å². The summed E-state index contributed by atoms with van der Waals surface area (Å²) in [5.41, 5.74) is 0.746. The van der Waals surface area contributed by atoms with Crippen molar-refractivity contribution in [1.82, 2.24) is 4.41 Å². The normalized spacial score (nSPS) is 12.0. The summed E-state index contributed by atoms with van der Waals surface area (Å²) in [6.45, 7) is 0.0102. The van der Waals surface area contributed by atoms with Crippen LogP contribution in [0.4, 0.5) is 0 Å². The Bertz CT molecular complexity index is 1080. The molecule has 2 aromatic carbocycles. The Balaban J connectivity index is 1.74. The van der Waals surface area contributed by atoms with Gasteiger partial charge in [-0.15, -0.1) is 15.8 Å². The van der Waals surface area contributed by atoms with Crippen molar-refractivity contribution in [3.05, 3.63) is 81.7 Å². The lowest BCUT2D eigenvalue weighted by atomic mass is 10.2. The summed E-state index contributed by atoms with van der Waals surface area (Å²) in [4.78, 5) is 0. The molecule has 28 heavy (non-hydrogen) atoms. The number of hydrogen-bond acceptors (Lipinski definition) is 5. The Morgan fingerprint density at radius 2 is 1.86 bits per heavy atom. The van der Waals surface area contributed by atoms with Crippen LogP contribution in [-0.4, -0.2) is 19.4 Å². The van der Waals surface area contributed by atoms with Crippen LogP contribution in [0.2, 0.25) is 10.0 Å². The maximum absolute atomic E-state index is 12.3. The summed E-state index contributed by atoms with van der Waals surface area (Å²) in [5, 5.41) is 2.59. The molecule has 5 nitrogen and oxygen atoms in total. The molecule has 0 aliphatic heterocycles. The van der Waals surface area contributed by atoms with Gasteiger partial charge in [0.25, 0.3) is 10.0 Å². The van der Waals surface area contributed by atoms with Crippen LogP contribution in [0.3, 0.4) is 0 Å². The van der Waals surface area contributed by atoms with Gasteiger partial charge in [-0.3, -0.25) is 5.84 Å². The molecule has 0 unspecified atom stereocenters. The number of para-hydroxylation sites is 1. The standard InChI is InChI=1S/C19H16Cl2N2O3S2/c20-15-9-10-18(16(21)13-15)26-17-7-2-1-5-14(17)6-3-11-23(22)28(24,25)19-8-4-12-27-19/h1-10,12-13H,11,22H2. The fourth-order valence-corrected chi connectivity index (χ4v) is 4.89. The first kappa shape index (κ1) is 20.9. The van der Waals surface area contributed by atoms with Gasteiger partial charge in [-0.2, -0.15) is 0 Å². The van der Waals surface area contributed by atoms with Crippen molar-refractivity contribution in [3.8, 4) is 11.5 Å². The average molecular weight is 455 g/mol. The van der Waals surface area contributed by atoms with E-state index >= 15 is 0 Å². The van der Waals surface area contributed by atoms with E-state index in [0.29, 0.717) is 21.5 Å². The van der Waals surface area contributed by atoms with E-state index in [-0.39, 0.29) is 10.8 Å². The van der Waals surface area contributed by atoms with Crippen molar-refractivity contribution in [2.45, 2.75) is 4.21 Å². The molecule has 0 fully saturated rings. The summed E-state index contributed by atoms with van der Waals surface area (Å²) in [6, 6.07) is 15.4. The quantitative estimate of drug-likeness (QED) is 0.381. The molecule has 0 aliphatic carbocycles. The monoisotopic (exact) mass is 454 g/mol. The number of benzene rings is 2. The van der Waals surface area contributed by atoms with Gasteiger partial charge in [0.15, 0.2) is 0 Å². The zero-order valence-corrected chi connectivity index (χ0v) is 17.6. The van der Waals surface area contributed by atoms with Crippen molar-refractivity contribution >= 4 is 50.6 Å². The van der Waals surface area contributed by atoms with Crippen LogP contribution < -0.4 is 10.6 Å². The highest BCUT2D eigenvalue weighted by atomic mass is 35.5. The van der Waals surface area contributed by atoms with E-state index in [1.165, 1.54) is 6.07 Å². The largest absolute Gasteiger partial charge is 0.455 e. The minimum Gasteiger partial charge on any atom is -0.455 e. The number of nitrogens with zero attached hydrogens (tertiary/aromatic N) is 1. The van der Waals surface area contributed by atoms with Crippen LogP contribution in [0.1, 0.15) is 5.56 Å². The molecule has 1 aromatic heterocycles. The van der Waals surface area contributed by atoms with E-state index in [4.69, 9.17) is 33.8 Å². The number of hydrazine groups is 1. The Morgan fingerprint density at radius 3 is 2.57 bits per heavy atom. The van der Waals surface area contributed by atoms with Gasteiger partial charge in [-0.1, -0.05) is 59.6 Å². The smallest absolute Gasteiger partial charge is 0.265 e. The number of halogens is 2. The molecule has 0 bridgehead atoms. The van der Waals surface area contributed by atoms with Gasteiger partial charge in [-0.25, -0.2) is 8.42 Å². The van der Waals surface area contributed by atoms with E-state index in [2.05, 4.69) is 0 Å². The Labute approximate surface area is 177 Å².